The average Bonchev–Trinajstić information content (AvgIpc) is 2.67. The van der Waals surface area contributed by atoms with Crippen molar-refractivity contribution in [3.63, 3.8) is 0 Å². The Labute approximate surface area is 90.3 Å². The molecule has 14 heavy (non-hydrogen) atoms. The van der Waals surface area contributed by atoms with Gasteiger partial charge in [-0.15, -0.1) is 0 Å². The molecule has 0 aromatic heterocycles. The molecule has 0 spiro atoms. The molecule has 3 nitrogen and oxygen atoms in total. The van der Waals surface area contributed by atoms with Crippen LogP contribution in [-0.2, 0) is 0 Å². The van der Waals surface area contributed by atoms with Gasteiger partial charge in [-0.1, -0.05) is 12.8 Å². The van der Waals surface area contributed by atoms with Gasteiger partial charge in [-0.2, -0.15) is 11.8 Å². The summed E-state index contributed by atoms with van der Waals surface area (Å²) < 4.78 is 0.384. The van der Waals surface area contributed by atoms with Gasteiger partial charge < -0.3 is 15.5 Å². The highest BCUT2D eigenvalue weighted by Gasteiger charge is 2.32. The van der Waals surface area contributed by atoms with Crippen molar-refractivity contribution >= 4 is 11.8 Å². The molecule has 0 aromatic rings. The normalized spacial score (nSPS) is 22.5. The van der Waals surface area contributed by atoms with Crippen molar-refractivity contribution in [3.05, 3.63) is 0 Å². The summed E-state index contributed by atoms with van der Waals surface area (Å²) >= 11 is 1.93. The molecule has 0 bridgehead atoms. The maximum Gasteiger partial charge on any atom is 0.0894 e. The fraction of sp³-hybridized carbons (Fsp3) is 1.00. The van der Waals surface area contributed by atoms with Crippen LogP contribution in [-0.4, -0.2) is 47.0 Å². The molecule has 84 valence electrons. The van der Waals surface area contributed by atoms with Crippen molar-refractivity contribution in [3.8, 4) is 0 Å². The molecule has 1 aliphatic carbocycles. The highest BCUT2D eigenvalue weighted by molar-refractivity contribution is 8.00. The van der Waals surface area contributed by atoms with Gasteiger partial charge in [0.15, 0.2) is 0 Å². The van der Waals surface area contributed by atoms with E-state index in [1.165, 1.54) is 25.7 Å². The standard InChI is InChI=1S/C10H21NO2S/c1-14-10(4-2-3-5-10)8-11-6-9(13)7-12/h9,11-13H,2-8H2,1H3/t9-/m0/s1. The molecule has 1 rings (SSSR count). The molecule has 0 aromatic carbocycles. The Kier molecular flexibility index (Phi) is 5.23. The number of nitrogens with one attached hydrogen (secondary N) is 1. The lowest BCUT2D eigenvalue weighted by molar-refractivity contribution is 0.0940. The Bertz CT molecular complexity index is 160. The maximum atomic E-state index is 9.17. The summed E-state index contributed by atoms with van der Waals surface area (Å²) in [6.45, 7) is 1.29. The van der Waals surface area contributed by atoms with Crippen LogP contribution in [0.2, 0.25) is 0 Å². The first-order valence-corrected chi connectivity index (χ1v) is 6.50. The van der Waals surface area contributed by atoms with Crippen molar-refractivity contribution in [1.82, 2.24) is 5.32 Å². The molecule has 0 unspecified atom stereocenters. The van der Waals surface area contributed by atoms with Crippen molar-refractivity contribution in [2.24, 2.45) is 0 Å². The van der Waals surface area contributed by atoms with Crippen LogP contribution in [0.4, 0.5) is 0 Å². The van der Waals surface area contributed by atoms with Crippen molar-refractivity contribution in [1.29, 1.82) is 0 Å². The monoisotopic (exact) mass is 219 g/mol. The Morgan fingerprint density at radius 1 is 1.43 bits per heavy atom. The summed E-state index contributed by atoms with van der Waals surface area (Å²) in [5, 5.41) is 21.1. The fourth-order valence-electron chi connectivity index (χ4n) is 2.00. The summed E-state index contributed by atoms with van der Waals surface area (Å²) in [6, 6.07) is 0. The summed E-state index contributed by atoms with van der Waals surface area (Å²) in [5.41, 5.74) is 0. The lowest BCUT2D eigenvalue weighted by Gasteiger charge is -2.27. The second-order valence-electron chi connectivity index (χ2n) is 4.06. The van der Waals surface area contributed by atoms with Crippen LogP contribution in [0.15, 0.2) is 0 Å². The van der Waals surface area contributed by atoms with E-state index in [0.29, 0.717) is 11.3 Å². The van der Waals surface area contributed by atoms with Crippen LogP contribution in [0, 0.1) is 0 Å². The Hall–Kier alpha value is 0.230. The largest absolute Gasteiger partial charge is 0.394 e. The molecule has 0 heterocycles. The highest BCUT2D eigenvalue weighted by Crippen LogP contribution is 2.39. The number of aliphatic hydroxyl groups is 2. The molecule has 0 aliphatic heterocycles. The summed E-state index contributed by atoms with van der Waals surface area (Å²) in [5.74, 6) is 0. The molecule has 1 atom stereocenters. The zero-order valence-corrected chi connectivity index (χ0v) is 9.65. The van der Waals surface area contributed by atoms with Gasteiger partial charge in [0.1, 0.15) is 0 Å². The molecule has 0 amide bonds. The average molecular weight is 219 g/mol. The van der Waals surface area contributed by atoms with E-state index in [1.54, 1.807) is 0 Å². The Balaban J connectivity index is 2.21. The Morgan fingerprint density at radius 3 is 2.57 bits per heavy atom. The molecule has 4 heteroatoms. The van der Waals surface area contributed by atoms with E-state index in [4.69, 9.17) is 10.2 Å². The molecule has 0 saturated heterocycles. The third-order valence-corrected chi connectivity index (χ3v) is 4.40. The van der Waals surface area contributed by atoms with Crippen molar-refractivity contribution in [2.45, 2.75) is 36.5 Å². The summed E-state index contributed by atoms with van der Waals surface area (Å²) in [4.78, 5) is 0. The van der Waals surface area contributed by atoms with E-state index < -0.39 is 6.10 Å². The van der Waals surface area contributed by atoms with Crippen LogP contribution in [0.3, 0.4) is 0 Å². The van der Waals surface area contributed by atoms with Gasteiger partial charge in [0, 0.05) is 17.8 Å². The quantitative estimate of drug-likeness (QED) is 0.612. The molecule has 3 N–H and O–H groups in total. The number of hydrogen-bond acceptors (Lipinski definition) is 4. The van der Waals surface area contributed by atoms with Crippen LogP contribution >= 0.6 is 11.8 Å². The van der Waals surface area contributed by atoms with Gasteiger partial charge in [-0.25, -0.2) is 0 Å². The number of hydrogen-bond donors (Lipinski definition) is 3. The zero-order valence-electron chi connectivity index (χ0n) is 8.83. The molecule has 0 radical (unpaired) electrons. The third-order valence-electron chi connectivity index (χ3n) is 2.99. The minimum atomic E-state index is -0.615. The van der Waals surface area contributed by atoms with E-state index in [1.807, 2.05) is 11.8 Å². The topological polar surface area (TPSA) is 52.5 Å². The lowest BCUT2D eigenvalue weighted by Crippen LogP contribution is -2.39. The van der Waals surface area contributed by atoms with Gasteiger partial charge in [-0.05, 0) is 19.1 Å². The third kappa shape index (κ3) is 3.42. The van der Waals surface area contributed by atoms with Crippen LogP contribution in [0.1, 0.15) is 25.7 Å². The predicted octanol–water partition coefficient (Wildman–Crippen LogP) is 0.605. The van der Waals surface area contributed by atoms with Gasteiger partial charge in [-0.3, -0.25) is 0 Å². The second kappa shape index (κ2) is 5.95. The van der Waals surface area contributed by atoms with Gasteiger partial charge in [0.2, 0.25) is 0 Å². The molecule has 1 fully saturated rings. The fourth-order valence-corrected chi connectivity index (χ4v) is 2.95. The molecule has 1 saturated carbocycles. The van der Waals surface area contributed by atoms with Gasteiger partial charge in [0.05, 0.1) is 12.7 Å². The summed E-state index contributed by atoms with van der Waals surface area (Å²) in [6.07, 6.45) is 6.74. The number of thioether (sulfide) groups is 1. The first-order valence-electron chi connectivity index (χ1n) is 5.27. The lowest BCUT2D eigenvalue weighted by atomic mass is 10.1. The van der Waals surface area contributed by atoms with E-state index in [0.717, 1.165) is 6.54 Å². The highest BCUT2D eigenvalue weighted by atomic mass is 32.2. The Morgan fingerprint density at radius 2 is 2.07 bits per heavy atom. The minimum Gasteiger partial charge on any atom is -0.394 e. The number of rotatable bonds is 6. The summed E-state index contributed by atoms with van der Waals surface area (Å²) in [7, 11) is 0. The molecular weight excluding hydrogens is 198 g/mol. The number of aliphatic hydroxyl groups excluding tert-OH is 2. The van der Waals surface area contributed by atoms with E-state index >= 15 is 0 Å². The van der Waals surface area contributed by atoms with Crippen molar-refractivity contribution < 1.29 is 10.2 Å². The van der Waals surface area contributed by atoms with Crippen LogP contribution < -0.4 is 5.32 Å². The van der Waals surface area contributed by atoms with Crippen molar-refractivity contribution in [2.75, 3.05) is 26.0 Å². The smallest absolute Gasteiger partial charge is 0.0894 e. The van der Waals surface area contributed by atoms with Crippen LogP contribution in [0.5, 0.6) is 0 Å². The first kappa shape index (κ1) is 12.3. The SMILES string of the molecule is CSC1(CNC[C@H](O)CO)CCCC1. The zero-order chi connectivity index (χ0) is 10.4. The van der Waals surface area contributed by atoms with Crippen LogP contribution in [0.25, 0.3) is 0 Å². The predicted molar refractivity (Wildman–Crippen MR) is 60.7 cm³/mol. The maximum absolute atomic E-state index is 9.17. The van der Waals surface area contributed by atoms with Gasteiger partial charge >= 0.3 is 0 Å². The van der Waals surface area contributed by atoms with E-state index in [9.17, 15) is 0 Å². The van der Waals surface area contributed by atoms with E-state index in [2.05, 4.69) is 11.6 Å². The first-order chi connectivity index (χ1) is 6.72. The van der Waals surface area contributed by atoms with Gasteiger partial charge in [0.25, 0.3) is 0 Å². The minimum absolute atomic E-state index is 0.154. The van der Waals surface area contributed by atoms with E-state index in [-0.39, 0.29) is 6.61 Å². The molecular formula is C10H21NO2S. The molecule has 1 aliphatic rings. The second-order valence-corrected chi connectivity index (χ2v) is 5.34.